The lowest BCUT2D eigenvalue weighted by Crippen LogP contribution is -2.21. The van der Waals surface area contributed by atoms with E-state index < -0.39 is 38.5 Å². The molecule has 3 heterocycles. The molecule has 10 nitrogen and oxygen atoms in total. The third kappa shape index (κ3) is 3.36. The number of hydrogen-bond donors (Lipinski definition) is 3. The first-order chi connectivity index (χ1) is 15.0. The largest absolute Gasteiger partial charge is 0.368 e. The molecular weight excluding hydrogens is 444 g/mol. The van der Waals surface area contributed by atoms with Crippen molar-refractivity contribution in [3.8, 4) is 11.1 Å². The number of halogens is 2. The van der Waals surface area contributed by atoms with Crippen LogP contribution in [0.25, 0.3) is 22.2 Å². The number of aromatic nitrogens is 5. The summed E-state index contributed by atoms with van der Waals surface area (Å²) < 4.78 is 58.8. The number of nitrogens with one attached hydrogen (secondary N) is 2. The SMILES string of the molecule is Cc1n[nH]c(C)c1S(=O)(=O)Nc1ccc(F)c(-c2cc3cnc(N)nc3n(C)c2=O)c1F. The molecule has 166 valence electrons. The van der Waals surface area contributed by atoms with Gasteiger partial charge in [0, 0.05) is 18.6 Å². The molecule has 4 aromatic rings. The Balaban J connectivity index is 1.90. The van der Waals surface area contributed by atoms with Crippen molar-refractivity contribution in [2.75, 3.05) is 10.5 Å². The van der Waals surface area contributed by atoms with Crippen LogP contribution in [0.2, 0.25) is 0 Å². The fraction of sp³-hybridized carbons (Fsp3) is 0.158. The predicted molar refractivity (Wildman–Crippen MR) is 113 cm³/mol. The number of nitrogens with two attached hydrogens (primary N) is 1. The fourth-order valence-electron chi connectivity index (χ4n) is 3.45. The normalized spacial score (nSPS) is 11.8. The summed E-state index contributed by atoms with van der Waals surface area (Å²) in [6.07, 6.45) is 1.31. The fourth-order valence-corrected chi connectivity index (χ4v) is 4.88. The van der Waals surface area contributed by atoms with Crippen molar-refractivity contribution < 1.29 is 17.2 Å². The van der Waals surface area contributed by atoms with Gasteiger partial charge in [-0.3, -0.25) is 19.2 Å². The highest BCUT2D eigenvalue weighted by Gasteiger charge is 2.26. The van der Waals surface area contributed by atoms with Gasteiger partial charge in [0.2, 0.25) is 5.95 Å². The molecular formula is C19H17F2N7O3S. The van der Waals surface area contributed by atoms with Gasteiger partial charge in [0.1, 0.15) is 16.4 Å². The molecule has 0 saturated heterocycles. The average molecular weight is 461 g/mol. The molecule has 0 radical (unpaired) electrons. The minimum absolute atomic E-state index is 0.0705. The van der Waals surface area contributed by atoms with E-state index in [0.717, 1.165) is 16.7 Å². The summed E-state index contributed by atoms with van der Waals surface area (Å²) in [5, 5.41) is 6.67. The summed E-state index contributed by atoms with van der Waals surface area (Å²) in [5.41, 5.74) is 3.85. The van der Waals surface area contributed by atoms with Gasteiger partial charge in [-0.15, -0.1) is 0 Å². The van der Waals surface area contributed by atoms with Crippen LogP contribution in [0.3, 0.4) is 0 Å². The van der Waals surface area contributed by atoms with Gasteiger partial charge in [0.25, 0.3) is 15.6 Å². The molecule has 32 heavy (non-hydrogen) atoms. The van der Waals surface area contributed by atoms with Gasteiger partial charge < -0.3 is 5.73 Å². The molecule has 0 bridgehead atoms. The Morgan fingerprint density at radius 2 is 1.94 bits per heavy atom. The third-order valence-corrected chi connectivity index (χ3v) is 6.53. The molecule has 0 saturated carbocycles. The number of anilines is 2. The lowest BCUT2D eigenvalue weighted by atomic mass is 10.0. The van der Waals surface area contributed by atoms with E-state index in [1.165, 1.54) is 33.2 Å². The van der Waals surface area contributed by atoms with Crippen molar-refractivity contribution in [1.82, 2.24) is 24.7 Å². The number of benzene rings is 1. The van der Waals surface area contributed by atoms with Crippen LogP contribution in [0.5, 0.6) is 0 Å². The molecule has 0 atom stereocenters. The number of hydrogen-bond acceptors (Lipinski definition) is 7. The highest BCUT2D eigenvalue weighted by atomic mass is 32.2. The summed E-state index contributed by atoms with van der Waals surface area (Å²) in [6.45, 7) is 2.97. The smallest absolute Gasteiger partial charge is 0.265 e. The van der Waals surface area contributed by atoms with Gasteiger partial charge in [-0.25, -0.2) is 22.2 Å². The molecule has 0 amide bonds. The summed E-state index contributed by atoms with van der Waals surface area (Å²) in [6, 6.07) is 3.03. The van der Waals surface area contributed by atoms with E-state index in [2.05, 4.69) is 24.9 Å². The average Bonchev–Trinajstić information content (AvgIpc) is 3.07. The lowest BCUT2D eigenvalue weighted by Gasteiger charge is -2.14. The Hall–Kier alpha value is -3.87. The summed E-state index contributed by atoms with van der Waals surface area (Å²) in [4.78, 5) is 20.5. The highest BCUT2D eigenvalue weighted by Crippen LogP contribution is 2.32. The number of aryl methyl sites for hydroxylation is 3. The zero-order valence-corrected chi connectivity index (χ0v) is 17.9. The second kappa shape index (κ2) is 7.37. The first-order valence-electron chi connectivity index (χ1n) is 9.16. The number of fused-ring (bicyclic) bond motifs is 1. The molecule has 3 aromatic heterocycles. The van der Waals surface area contributed by atoms with Crippen molar-refractivity contribution in [1.29, 1.82) is 0 Å². The zero-order valence-electron chi connectivity index (χ0n) is 17.1. The van der Waals surface area contributed by atoms with Crippen molar-refractivity contribution in [3.05, 3.63) is 57.8 Å². The van der Waals surface area contributed by atoms with Crippen LogP contribution in [0, 0.1) is 25.5 Å². The maximum absolute atomic E-state index is 15.4. The predicted octanol–water partition coefficient (Wildman–Crippen LogP) is 2.00. The number of nitrogen functional groups attached to an aromatic ring is 1. The maximum Gasteiger partial charge on any atom is 0.265 e. The van der Waals surface area contributed by atoms with E-state index in [0.29, 0.717) is 5.39 Å². The van der Waals surface area contributed by atoms with Crippen molar-refractivity contribution >= 4 is 32.7 Å². The van der Waals surface area contributed by atoms with E-state index in [-0.39, 0.29) is 33.4 Å². The van der Waals surface area contributed by atoms with Gasteiger partial charge in [-0.05, 0) is 32.0 Å². The summed E-state index contributed by atoms with van der Waals surface area (Å²) in [5.74, 6) is -2.37. The van der Waals surface area contributed by atoms with E-state index in [1.807, 2.05) is 0 Å². The summed E-state index contributed by atoms with van der Waals surface area (Å²) in [7, 11) is -2.88. The van der Waals surface area contributed by atoms with Crippen LogP contribution in [0.15, 0.2) is 34.1 Å². The topological polar surface area (TPSA) is 149 Å². The lowest BCUT2D eigenvalue weighted by molar-refractivity contribution is 0.587. The van der Waals surface area contributed by atoms with Crippen molar-refractivity contribution in [2.45, 2.75) is 18.7 Å². The van der Waals surface area contributed by atoms with Crippen LogP contribution in [-0.4, -0.2) is 33.2 Å². The number of pyridine rings is 1. The Kier molecular flexibility index (Phi) is 4.92. The number of sulfonamides is 1. The maximum atomic E-state index is 15.4. The van der Waals surface area contributed by atoms with Crippen molar-refractivity contribution in [3.63, 3.8) is 0 Å². The van der Waals surface area contributed by atoms with Gasteiger partial charge in [-0.1, -0.05) is 0 Å². The minimum atomic E-state index is -4.25. The number of H-pyrrole nitrogens is 1. The van der Waals surface area contributed by atoms with Crippen LogP contribution < -0.4 is 16.0 Å². The van der Waals surface area contributed by atoms with Gasteiger partial charge >= 0.3 is 0 Å². The van der Waals surface area contributed by atoms with Crippen LogP contribution >= 0.6 is 0 Å². The molecule has 0 aliphatic heterocycles. The first-order valence-corrected chi connectivity index (χ1v) is 10.6. The molecule has 0 unspecified atom stereocenters. The molecule has 0 aliphatic carbocycles. The highest BCUT2D eigenvalue weighted by molar-refractivity contribution is 7.92. The Morgan fingerprint density at radius 1 is 1.22 bits per heavy atom. The van der Waals surface area contributed by atoms with Crippen LogP contribution in [0.1, 0.15) is 11.4 Å². The van der Waals surface area contributed by atoms with Gasteiger partial charge in [0.05, 0.1) is 28.2 Å². The third-order valence-electron chi connectivity index (χ3n) is 4.90. The molecule has 0 spiro atoms. The van der Waals surface area contributed by atoms with Crippen molar-refractivity contribution in [2.24, 2.45) is 7.05 Å². The zero-order chi connectivity index (χ0) is 23.4. The second-order valence-corrected chi connectivity index (χ2v) is 8.70. The molecule has 4 N–H and O–H groups in total. The molecule has 13 heteroatoms. The molecule has 4 rings (SSSR count). The summed E-state index contributed by atoms with van der Waals surface area (Å²) >= 11 is 0. The van der Waals surface area contributed by atoms with E-state index in [1.54, 1.807) is 0 Å². The number of rotatable bonds is 4. The second-order valence-electron chi connectivity index (χ2n) is 7.08. The van der Waals surface area contributed by atoms with Gasteiger partial charge in [0.15, 0.2) is 5.82 Å². The van der Waals surface area contributed by atoms with Crippen LogP contribution in [0.4, 0.5) is 20.4 Å². The molecule has 1 aromatic carbocycles. The monoisotopic (exact) mass is 461 g/mol. The minimum Gasteiger partial charge on any atom is -0.368 e. The van der Waals surface area contributed by atoms with E-state index in [9.17, 15) is 17.6 Å². The van der Waals surface area contributed by atoms with Gasteiger partial charge in [-0.2, -0.15) is 10.1 Å². The first kappa shape index (κ1) is 21.4. The van der Waals surface area contributed by atoms with E-state index in [4.69, 9.17) is 5.73 Å². The Morgan fingerprint density at radius 3 is 2.59 bits per heavy atom. The Bertz CT molecular complexity index is 1540. The molecule has 0 fully saturated rings. The number of nitrogens with zero attached hydrogens (tertiary/aromatic N) is 4. The standard InChI is InChI=1S/C19H17F2N7O3S/c1-8-16(9(2)26-25-8)32(30,31)27-13-5-4-12(20)14(15(13)21)11-6-10-7-23-19(22)24-17(10)28(3)18(11)29/h4-7,27H,1-3H3,(H,25,26)(H2,22,23,24). The van der Waals surface area contributed by atoms with Crippen LogP contribution in [-0.2, 0) is 17.1 Å². The molecule has 0 aliphatic rings. The van der Waals surface area contributed by atoms with E-state index >= 15 is 4.39 Å². The quantitative estimate of drug-likeness (QED) is 0.421. The Labute approximate surface area is 180 Å². The number of aromatic amines is 1.